The molecule has 1 heterocycles. The van der Waals surface area contributed by atoms with Gasteiger partial charge in [0.05, 0.1) is 0 Å². The first-order valence-corrected chi connectivity index (χ1v) is 9.23. The average molecular weight is 373 g/mol. The molecule has 1 saturated heterocycles. The van der Waals surface area contributed by atoms with E-state index in [0.29, 0.717) is 32.1 Å². The largest absolute Gasteiger partial charge is 0.363 e. The number of hydrogen-bond donors (Lipinski definition) is 1. The van der Waals surface area contributed by atoms with Gasteiger partial charge in [-0.05, 0) is 36.1 Å². The zero-order valence-electron chi connectivity index (χ0n) is 15.9. The number of urea groups is 1. The van der Waals surface area contributed by atoms with E-state index in [9.17, 15) is 13.6 Å². The fourth-order valence-corrected chi connectivity index (χ4v) is 3.45. The fourth-order valence-electron chi connectivity index (χ4n) is 3.45. The molecule has 0 aromatic heterocycles. The highest BCUT2D eigenvalue weighted by molar-refractivity contribution is 5.91. The Morgan fingerprint density at radius 3 is 2.19 bits per heavy atom. The second kappa shape index (κ2) is 7.94. The van der Waals surface area contributed by atoms with E-state index in [1.807, 2.05) is 25.1 Å². The van der Waals surface area contributed by atoms with Crippen LogP contribution in [-0.2, 0) is 0 Å². The van der Waals surface area contributed by atoms with Gasteiger partial charge in [-0.3, -0.25) is 0 Å². The minimum Gasteiger partial charge on any atom is -0.363 e. The van der Waals surface area contributed by atoms with Crippen LogP contribution in [0, 0.1) is 18.6 Å². The molecule has 1 N–H and O–H groups in total. The number of rotatable bonds is 3. The number of anilines is 2. The number of hydrogen-bond acceptors (Lipinski definition) is 2. The van der Waals surface area contributed by atoms with Crippen molar-refractivity contribution in [2.75, 3.05) is 36.4 Å². The summed E-state index contributed by atoms with van der Waals surface area (Å²) < 4.78 is 27.9. The van der Waals surface area contributed by atoms with Crippen LogP contribution in [-0.4, -0.2) is 37.1 Å². The molecule has 6 heteroatoms. The minimum atomic E-state index is -0.575. The Balaban J connectivity index is 1.68. The molecule has 2 aromatic carbocycles. The van der Waals surface area contributed by atoms with Crippen molar-refractivity contribution < 1.29 is 13.6 Å². The third-order valence-corrected chi connectivity index (χ3v) is 4.98. The van der Waals surface area contributed by atoms with Gasteiger partial charge in [0.25, 0.3) is 0 Å². The zero-order chi connectivity index (χ0) is 19.6. The molecule has 0 radical (unpaired) electrons. The van der Waals surface area contributed by atoms with Crippen molar-refractivity contribution >= 4 is 17.4 Å². The maximum atomic E-state index is 14.0. The third-order valence-electron chi connectivity index (χ3n) is 4.98. The molecule has 0 spiro atoms. The van der Waals surface area contributed by atoms with Gasteiger partial charge in [-0.15, -0.1) is 0 Å². The molecule has 3 rings (SSSR count). The highest BCUT2D eigenvalue weighted by Crippen LogP contribution is 2.28. The summed E-state index contributed by atoms with van der Waals surface area (Å²) in [6.07, 6.45) is 0. The number of para-hydroxylation sites is 2. The molecule has 1 fully saturated rings. The van der Waals surface area contributed by atoms with E-state index >= 15 is 0 Å². The predicted molar refractivity (Wildman–Crippen MR) is 104 cm³/mol. The quantitative estimate of drug-likeness (QED) is 0.843. The Morgan fingerprint density at radius 1 is 1.00 bits per heavy atom. The Bertz CT molecular complexity index is 810. The van der Waals surface area contributed by atoms with Gasteiger partial charge in [-0.2, -0.15) is 0 Å². The smallest absolute Gasteiger partial charge is 0.321 e. The molecule has 0 atom stereocenters. The van der Waals surface area contributed by atoms with Gasteiger partial charge in [0.15, 0.2) is 0 Å². The van der Waals surface area contributed by atoms with Gasteiger partial charge < -0.3 is 15.1 Å². The summed E-state index contributed by atoms with van der Waals surface area (Å²) in [6.45, 7) is 7.73. The molecule has 1 aliphatic rings. The Kier molecular flexibility index (Phi) is 5.63. The van der Waals surface area contributed by atoms with Crippen LogP contribution in [0.4, 0.5) is 25.0 Å². The van der Waals surface area contributed by atoms with Crippen LogP contribution >= 0.6 is 0 Å². The number of aryl methyl sites for hydroxylation is 1. The van der Waals surface area contributed by atoms with E-state index < -0.39 is 11.6 Å². The molecule has 0 saturated carbocycles. The summed E-state index contributed by atoms with van der Waals surface area (Å²) in [6, 6.07) is 9.66. The van der Waals surface area contributed by atoms with Gasteiger partial charge in [0.2, 0.25) is 0 Å². The van der Waals surface area contributed by atoms with Crippen LogP contribution in [0.1, 0.15) is 30.9 Å². The van der Waals surface area contributed by atoms with Crippen LogP contribution in [0.3, 0.4) is 0 Å². The van der Waals surface area contributed by atoms with Crippen molar-refractivity contribution in [3.8, 4) is 0 Å². The molecule has 2 aromatic rings. The molecular formula is C21H25F2N3O. The summed E-state index contributed by atoms with van der Waals surface area (Å²) in [5.74, 6) is -0.857. The topological polar surface area (TPSA) is 35.6 Å². The molecule has 0 unspecified atom stereocenters. The lowest BCUT2D eigenvalue weighted by Crippen LogP contribution is -2.50. The van der Waals surface area contributed by atoms with E-state index in [-0.39, 0.29) is 11.7 Å². The number of carbonyl (C=O) groups is 1. The second-order valence-electron chi connectivity index (χ2n) is 7.17. The zero-order valence-corrected chi connectivity index (χ0v) is 15.9. The van der Waals surface area contributed by atoms with Crippen LogP contribution in [0.5, 0.6) is 0 Å². The monoisotopic (exact) mass is 373 g/mol. The summed E-state index contributed by atoms with van der Waals surface area (Å²) >= 11 is 0. The van der Waals surface area contributed by atoms with Crippen LogP contribution in [0.25, 0.3) is 0 Å². The second-order valence-corrected chi connectivity index (χ2v) is 7.17. The standard InChI is InChI=1S/C21H25F2N3O/c1-14(2)16-7-4-6-15(3)19(16)24-21(27)26-12-10-25(11-13-26)20-17(22)8-5-9-18(20)23/h4-9,14H,10-13H2,1-3H3,(H,24,27). The maximum Gasteiger partial charge on any atom is 0.321 e. The average Bonchev–Trinajstić information content (AvgIpc) is 2.63. The number of piperazine rings is 1. The first kappa shape index (κ1) is 19.1. The normalized spacial score (nSPS) is 14.6. The number of halogens is 2. The molecule has 1 aliphatic heterocycles. The van der Waals surface area contributed by atoms with Gasteiger partial charge in [0, 0.05) is 31.9 Å². The van der Waals surface area contributed by atoms with Crippen molar-refractivity contribution in [2.24, 2.45) is 0 Å². The van der Waals surface area contributed by atoms with Gasteiger partial charge >= 0.3 is 6.03 Å². The third kappa shape index (κ3) is 4.04. The number of carbonyl (C=O) groups excluding carboxylic acids is 1. The van der Waals surface area contributed by atoms with Crippen LogP contribution < -0.4 is 10.2 Å². The van der Waals surface area contributed by atoms with Crippen molar-refractivity contribution in [2.45, 2.75) is 26.7 Å². The summed E-state index contributed by atoms with van der Waals surface area (Å²) in [5, 5.41) is 3.03. The molecule has 2 amide bonds. The highest BCUT2D eigenvalue weighted by atomic mass is 19.1. The molecule has 4 nitrogen and oxygen atoms in total. The number of benzene rings is 2. The molecule has 144 valence electrons. The van der Waals surface area contributed by atoms with E-state index in [2.05, 4.69) is 19.2 Å². The van der Waals surface area contributed by atoms with Crippen molar-refractivity contribution in [3.63, 3.8) is 0 Å². The van der Waals surface area contributed by atoms with E-state index in [0.717, 1.165) is 16.8 Å². The Labute approximate surface area is 158 Å². The first-order chi connectivity index (χ1) is 12.9. The van der Waals surface area contributed by atoms with Gasteiger partial charge in [0.1, 0.15) is 17.3 Å². The summed E-state index contributed by atoms with van der Waals surface area (Å²) in [5.41, 5.74) is 2.94. The number of nitrogens with zero attached hydrogens (tertiary/aromatic N) is 2. The molecule has 27 heavy (non-hydrogen) atoms. The van der Waals surface area contributed by atoms with E-state index in [1.54, 1.807) is 9.80 Å². The Morgan fingerprint density at radius 2 is 1.59 bits per heavy atom. The van der Waals surface area contributed by atoms with Crippen LogP contribution in [0.2, 0.25) is 0 Å². The van der Waals surface area contributed by atoms with Gasteiger partial charge in [-0.1, -0.05) is 38.1 Å². The molecule has 0 bridgehead atoms. The lowest BCUT2D eigenvalue weighted by molar-refractivity contribution is 0.208. The number of nitrogens with one attached hydrogen (secondary N) is 1. The lowest BCUT2D eigenvalue weighted by Gasteiger charge is -2.36. The molecule has 0 aliphatic carbocycles. The summed E-state index contributed by atoms with van der Waals surface area (Å²) in [4.78, 5) is 16.1. The summed E-state index contributed by atoms with van der Waals surface area (Å²) in [7, 11) is 0. The van der Waals surface area contributed by atoms with Crippen molar-refractivity contribution in [1.82, 2.24) is 4.90 Å². The first-order valence-electron chi connectivity index (χ1n) is 9.23. The van der Waals surface area contributed by atoms with Crippen molar-refractivity contribution in [3.05, 3.63) is 59.2 Å². The van der Waals surface area contributed by atoms with Gasteiger partial charge in [-0.25, -0.2) is 13.6 Å². The SMILES string of the molecule is Cc1cccc(C(C)C)c1NC(=O)N1CCN(c2c(F)cccc2F)CC1. The Hall–Kier alpha value is -2.63. The van der Waals surface area contributed by atoms with Crippen LogP contribution in [0.15, 0.2) is 36.4 Å². The fraction of sp³-hybridized carbons (Fsp3) is 0.381. The van der Waals surface area contributed by atoms with E-state index in [4.69, 9.17) is 0 Å². The lowest BCUT2D eigenvalue weighted by atomic mass is 9.98. The number of amides is 2. The highest BCUT2D eigenvalue weighted by Gasteiger charge is 2.25. The van der Waals surface area contributed by atoms with E-state index in [1.165, 1.54) is 18.2 Å². The molecular weight excluding hydrogens is 348 g/mol. The predicted octanol–water partition coefficient (Wildman–Crippen LogP) is 4.75. The van der Waals surface area contributed by atoms with Crippen molar-refractivity contribution in [1.29, 1.82) is 0 Å². The minimum absolute atomic E-state index is 0.0152. The maximum absolute atomic E-state index is 14.0.